The maximum atomic E-state index is 9.15. The van der Waals surface area contributed by atoms with Crippen molar-refractivity contribution in [3.05, 3.63) is 41.2 Å². The number of nitrogens with two attached hydrogens (primary N) is 1. The second-order valence-electron chi connectivity index (χ2n) is 3.53. The Morgan fingerprint density at radius 3 is 2.83 bits per heavy atom. The van der Waals surface area contributed by atoms with Crippen molar-refractivity contribution >= 4 is 11.6 Å². The molecule has 0 saturated carbocycles. The maximum Gasteiger partial charge on any atom is 0.211 e. The smallest absolute Gasteiger partial charge is 0.211 e. The van der Waals surface area contributed by atoms with E-state index in [4.69, 9.17) is 27.2 Å². The lowest BCUT2D eigenvalue weighted by molar-refractivity contribution is -0.139. The molecule has 1 aromatic carbocycles. The lowest BCUT2D eigenvalue weighted by atomic mass is 10.1. The molecule has 0 spiro atoms. The Balaban J connectivity index is 2.22. The molecule has 0 amide bonds. The Morgan fingerprint density at radius 1 is 1.44 bits per heavy atom. The fourth-order valence-electron chi connectivity index (χ4n) is 1.54. The Kier molecular flexibility index (Phi) is 4.21. The van der Waals surface area contributed by atoms with Crippen LogP contribution in [-0.4, -0.2) is 31.7 Å². The van der Waals surface area contributed by atoms with Crippen LogP contribution in [0.1, 0.15) is 11.7 Å². The van der Waals surface area contributed by atoms with Crippen LogP contribution in [0.15, 0.2) is 30.6 Å². The molecule has 0 bridgehead atoms. The molecule has 0 radical (unpaired) electrons. The van der Waals surface area contributed by atoms with Gasteiger partial charge in [-0.1, -0.05) is 29.8 Å². The number of nitrogens with zero attached hydrogens (tertiary/aromatic N) is 4. The lowest BCUT2D eigenvalue weighted by Gasteiger charge is -2.20. The highest BCUT2D eigenvalue weighted by molar-refractivity contribution is 6.31. The van der Waals surface area contributed by atoms with Crippen molar-refractivity contribution in [2.75, 3.05) is 0 Å². The molecule has 1 unspecified atom stereocenters. The van der Waals surface area contributed by atoms with Gasteiger partial charge >= 0.3 is 0 Å². The SMILES string of the molecule is NC(O)O[C@@H](Cn1ncnn1)c1ccccc1Cl. The van der Waals surface area contributed by atoms with E-state index in [1.165, 1.54) is 11.1 Å². The summed E-state index contributed by atoms with van der Waals surface area (Å²) >= 11 is 6.07. The fraction of sp³-hybridized carbons (Fsp3) is 0.300. The molecule has 18 heavy (non-hydrogen) atoms. The average Bonchev–Trinajstić information content (AvgIpc) is 2.81. The zero-order valence-electron chi connectivity index (χ0n) is 9.35. The van der Waals surface area contributed by atoms with Gasteiger partial charge in [0.25, 0.3) is 0 Å². The van der Waals surface area contributed by atoms with Crippen LogP contribution in [-0.2, 0) is 11.3 Å². The number of benzene rings is 1. The van der Waals surface area contributed by atoms with Gasteiger partial charge in [-0.05, 0) is 11.3 Å². The monoisotopic (exact) mass is 269 g/mol. The molecule has 1 aromatic heterocycles. The maximum absolute atomic E-state index is 9.15. The summed E-state index contributed by atoms with van der Waals surface area (Å²) in [4.78, 5) is 1.33. The molecule has 0 fully saturated rings. The molecule has 0 saturated heterocycles. The zero-order chi connectivity index (χ0) is 13.0. The minimum absolute atomic E-state index is 0.248. The first-order chi connectivity index (χ1) is 8.66. The number of halogens is 1. The van der Waals surface area contributed by atoms with E-state index in [0.29, 0.717) is 10.6 Å². The first kappa shape index (κ1) is 12.9. The van der Waals surface area contributed by atoms with E-state index in [1.807, 2.05) is 6.07 Å². The fourth-order valence-corrected chi connectivity index (χ4v) is 1.80. The summed E-state index contributed by atoms with van der Waals surface area (Å²) in [5, 5.41) is 20.9. The molecule has 1 heterocycles. The van der Waals surface area contributed by atoms with E-state index in [0.717, 1.165) is 0 Å². The lowest BCUT2D eigenvalue weighted by Crippen LogP contribution is -2.28. The van der Waals surface area contributed by atoms with E-state index in [9.17, 15) is 0 Å². The van der Waals surface area contributed by atoms with Crippen molar-refractivity contribution < 1.29 is 9.84 Å². The minimum Gasteiger partial charge on any atom is -0.356 e. The van der Waals surface area contributed by atoms with Gasteiger partial charge in [-0.3, -0.25) is 5.73 Å². The van der Waals surface area contributed by atoms with Gasteiger partial charge in [0, 0.05) is 10.6 Å². The van der Waals surface area contributed by atoms with Crippen molar-refractivity contribution in [2.45, 2.75) is 19.1 Å². The molecule has 3 N–H and O–H groups in total. The first-order valence-corrected chi connectivity index (χ1v) is 5.59. The van der Waals surface area contributed by atoms with E-state index >= 15 is 0 Å². The van der Waals surface area contributed by atoms with Crippen LogP contribution in [0.4, 0.5) is 0 Å². The van der Waals surface area contributed by atoms with Crippen molar-refractivity contribution in [1.29, 1.82) is 0 Å². The molecular formula is C10H12ClN5O2. The first-order valence-electron chi connectivity index (χ1n) is 5.21. The summed E-state index contributed by atoms with van der Waals surface area (Å²) in [5.74, 6) is 0. The van der Waals surface area contributed by atoms with Crippen LogP contribution in [0.2, 0.25) is 5.02 Å². The Hall–Kier alpha value is -1.54. The summed E-state index contributed by atoms with van der Waals surface area (Å²) in [6.45, 7) is 0.248. The zero-order valence-corrected chi connectivity index (χ0v) is 10.1. The van der Waals surface area contributed by atoms with Crippen molar-refractivity contribution in [3.63, 3.8) is 0 Å². The molecule has 96 valence electrons. The molecule has 0 aliphatic rings. The van der Waals surface area contributed by atoms with Crippen LogP contribution < -0.4 is 5.73 Å². The number of aromatic nitrogens is 4. The van der Waals surface area contributed by atoms with Gasteiger partial charge in [-0.15, -0.1) is 10.2 Å². The number of tetrazole rings is 1. The van der Waals surface area contributed by atoms with Gasteiger partial charge in [-0.2, -0.15) is 4.80 Å². The number of hydrogen-bond acceptors (Lipinski definition) is 6. The predicted octanol–water partition coefficient (Wildman–Crippen LogP) is 0.319. The highest BCUT2D eigenvalue weighted by Crippen LogP contribution is 2.26. The summed E-state index contributed by atoms with van der Waals surface area (Å²) in [7, 11) is 0. The summed E-state index contributed by atoms with van der Waals surface area (Å²) < 4.78 is 5.21. The standard InChI is InChI=1S/C10H12ClN5O2/c11-8-4-2-1-3-7(8)9(18-10(12)17)5-16-14-6-13-15-16/h1-4,6,9-10,17H,5,12H2/t9-,10?/m0/s1. The highest BCUT2D eigenvalue weighted by atomic mass is 35.5. The number of rotatable bonds is 5. The minimum atomic E-state index is -1.41. The Bertz CT molecular complexity index is 491. The second kappa shape index (κ2) is 5.87. The van der Waals surface area contributed by atoms with Gasteiger partial charge in [-0.25, -0.2) is 0 Å². The Labute approximate surface area is 108 Å². The molecule has 8 heteroatoms. The van der Waals surface area contributed by atoms with E-state index < -0.39 is 12.5 Å². The normalized spacial score (nSPS) is 14.4. The summed E-state index contributed by atoms with van der Waals surface area (Å²) in [5.41, 5.74) is 5.93. The number of aliphatic hydroxyl groups excluding tert-OH is 1. The van der Waals surface area contributed by atoms with Gasteiger partial charge in [0.2, 0.25) is 6.41 Å². The van der Waals surface area contributed by atoms with E-state index in [2.05, 4.69) is 15.4 Å². The van der Waals surface area contributed by atoms with Crippen LogP contribution in [0.25, 0.3) is 0 Å². The number of aliphatic hydroxyl groups is 1. The number of hydrogen-bond donors (Lipinski definition) is 2. The van der Waals surface area contributed by atoms with Crippen LogP contribution in [0.3, 0.4) is 0 Å². The van der Waals surface area contributed by atoms with E-state index in [-0.39, 0.29) is 6.54 Å². The third-order valence-electron chi connectivity index (χ3n) is 2.28. The average molecular weight is 270 g/mol. The Morgan fingerprint density at radius 2 is 2.22 bits per heavy atom. The van der Waals surface area contributed by atoms with E-state index in [1.54, 1.807) is 18.2 Å². The third-order valence-corrected chi connectivity index (χ3v) is 2.62. The summed E-state index contributed by atoms with van der Waals surface area (Å²) in [6, 6.07) is 7.13. The van der Waals surface area contributed by atoms with Crippen LogP contribution in [0.5, 0.6) is 0 Å². The van der Waals surface area contributed by atoms with Gasteiger partial charge in [0.05, 0.1) is 6.54 Å². The molecule has 2 atom stereocenters. The third kappa shape index (κ3) is 3.23. The van der Waals surface area contributed by atoms with Crippen LogP contribution >= 0.6 is 11.6 Å². The predicted molar refractivity (Wildman–Crippen MR) is 63.3 cm³/mol. The number of ether oxygens (including phenoxy) is 1. The highest BCUT2D eigenvalue weighted by Gasteiger charge is 2.19. The molecule has 2 aromatic rings. The van der Waals surface area contributed by atoms with Crippen molar-refractivity contribution in [2.24, 2.45) is 5.73 Å². The summed E-state index contributed by atoms with van der Waals surface area (Å²) in [6.07, 6.45) is -0.662. The van der Waals surface area contributed by atoms with Crippen molar-refractivity contribution in [1.82, 2.24) is 20.2 Å². The molecule has 0 aliphatic carbocycles. The van der Waals surface area contributed by atoms with Gasteiger partial charge < -0.3 is 9.84 Å². The topological polar surface area (TPSA) is 99.1 Å². The molecule has 0 aliphatic heterocycles. The van der Waals surface area contributed by atoms with Crippen molar-refractivity contribution in [3.8, 4) is 0 Å². The quantitative estimate of drug-likeness (QED) is 0.759. The molecular weight excluding hydrogens is 258 g/mol. The van der Waals surface area contributed by atoms with Gasteiger partial charge in [0.1, 0.15) is 6.10 Å². The van der Waals surface area contributed by atoms with Crippen LogP contribution in [0, 0.1) is 0 Å². The molecule has 7 nitrogen and oxygen atoms in total. The molecule has 2 rings (SSSR count). The largest absolute Gasteiger partial charge is 0.356 e. The van der Waals surface area contributed by atoms with Gasteiger partial charge in [0.15, 0.2) is 6.33 Å². The second-order valence-corrected chi connectivity index (χ2v) is 3.93.